The molecule has 0 saturated carbocycles. The first-order chi connectivity index (χ1) is 8.74. The zero-order valence-corrected chi connectivity index (χ0v) is 13.1. The van der Waals surface area contributed by atoms with Gasteiger partial charge in [0, 0.05) is 13.1 Å². The van der Waals surface area contributed by atoms with E-state index in [4.69, 9.17) is 16.3 Å². The van der Waals surface area contributed by atoms with Crippen LogP contribution in [0.4, 0.5) is 0 Å². The van der Waals surface area contributed by atoms with Crippen LogP contribution in [-0.4, -0.2) is 49.2 Å². The van der Waals surface area contributed by atoms with Gasteiger partial charge in [0.25, 0.3) is 10.0 Å². The average molecular weight is 326 g/mol. The molecule has 1 N–H and O–H groups in total. The second-order valence-electron chi connectivity index (χ2n) is 5.04. The minimum Gasteiger partial charge on any atom is -0.394 e. The van der Waals surface area contributed by atoms with E-state index >= 15 is 0 Å². The lowest BCUT2D eigenvalue weighted by atomic mass is 10.1. The fourth-order valence-electron chi connectivity index (χ4n) is 2.08. The Morgan fingerprint density at radius 3 is 2.79 bits per heavy atom. The Morgan fingerprint density at radius 1 is 1.58 bits per heavy atom. The monoisotopic (exact) mass is 325 g/mol. The molecule has 2 heterocycles. The van der Waals surface area contributed by atoms with E-state index in [2.05, 4.69) is 0 Å². The summed E-state index contributed by atoms with van der Waals surface area (Å²) >= 11 is 6.82. The number of nitrogens with zero attached hydrogens (tertiary/aromatic N) is 1. The number of rotatable bonds is 3. The van der Waals surface area contributed by atoms with Crippen molar-refractivity contribution in [2.24, 2.45) is 0 Å². The summed E-state index contributed by atoms with van der Waals surface area (Å²) in [4.78, 5) is 0. The van der Waals surface area contributed by atoms with Crippen LogP contribution in [0.3, 0.4) is 0 Å². The van der Waals surface area contributed by atoms with E-state index in [0.717, 1.165) is 11.3 Å². The number of hydrogen-bond acceptors (Lipinski definition) is 5. The first kappa shape index (κ1) is 15.2. The van der Waals surface area contributed by atoms with Gasteiger partial charge in [-0.1, -0.05) is 11.6 Å². The van der Waals surface area contributed by atoms with Gasteiger partial charge in [-0.2, -0.15) is 4.31 Å². The van der Waals surface area contributed by atoms with Crippen LogP contribution in [0.5, 0.6) is 0 Å². The van der Waals surface area contributed by atoms with E-state index in [1.165, 1.54) is 10.4 Å². The third-order valence-corrected chi connectivity index (χ3v) is 6.31. The number of hydrogen-bond donors (Lipinski definition) is 1. The molecule has 0 aliphatic carbocycles. The first-order valence-electron chi connectivity index (χ1n) is 5.79. The van der Waals surface area contributed by atoms with E-state index < -0.39 is 21.7 Å². The smallest absolute Gasteiger partial charge is 0.252 e. The number of thiophene rings is 1. The van der Waals surface area contributed by atoms with E-state index in [-0.39, 0.29) is 23.9 Å². The normalized spacial score (nSPS) is 24.5. The molecule has 19 heavy (non-hydrogen) atoms. The highest BCUT2D eigenvalue weighted by atomic mass is 35.5. The average Bonchev–Trinajstić information content (AvgIpc) is 2.74. The van der Waals surface area contributed by atoms with Crippen molar-refractivity contribution in [1.82, 2.24) is 4.31 Å². The van der Waals surface area contributed by atoms with Crippen molar-refractivity contribution in [2.75, 3.05) is 19.7 Å². The molecule has 1 aliphatic rings. The Kier molecular flexibility index (Phi) is 4.25. The minimum absolute atomic E-state index is 0.151. The Labute approximate surface area is 121 Å². The molecule has 0 radical (unpaired) electrons. The molecule has 5 nitrogen and oxygen atoms in total. The zero-order valence-electron chi connectivity index (χ0n) is 10.7. The Morgan fingerprint density at radius 2 is 2.26 bits per heavy atom. The van der Waals surface area contributed by atoms with Crippen LogP contribution in [0.15, 0.2) is 16.3 Å². The SMILES string of the molecule is CC1(C)CN(S(=O)(=O)c2ccc(Cl)s2)CC(CO)O1. The molecule has 1 unspecified atom stereocenters. The molecule has 0 aromatic carbocycles. The second-order valence-corrected chi connectivity index (χ2v) is 8.92. The summed E-state index contributed by atoms with van der Waals surface area (Å²) in [7, 11) is -3.58. The molecule has 1 saturated heterocycles. The lowest BCUT2D eigenvalue weighted by Crippen LogP contribution is -2.55. The topological polar surface area (TPSA) is 66.8 Å². The molecule has 0 spiro atoms. The number of aliphatic hydroxyl groups excluding tert-OH is 1. The van der Waals surface area contributed by atoms with Gasteiger partial charge in [0.1, 0.15) is 4.21 Å². The van der Waals surface area contributed by atoms with E-state index in [1.807, 2.05) is 0 Å². The van der Waals surface area contributed by atoms with Gasteiger partial charge < -0.3 is 9.84 Å². The predicted octanol–water partition coefficient (Wildman–Crippen LogP) is 1.56. The van der Waals surface area contributed by atoms with Gasteiger partial charge in [0.15, 0.2) is 0 Å². The van der Waals surface area contributed by atoms with Crippen LogP contribution >= 0.6 is 22.9 Å². The Bertz CT molecular complexity index is 555. The maximum absolute atomic E-state index is 12.5. The van der Waals surface area contributed by atoms with Gasteiger partial charge in [0.2, 0.25) is 0 Å². The summed E-state index contributed by atoms with van der Waals surface area (Å²) in [6.07, 6.45) is -0.506. The maximum Gasteiger partial charge on any atom is 0.252 e. The van der Waals surface area contributed by atoms with Gasteiger partial charge in [-0.25, -0.2) is 8.42 Å². The summed E-state index contributed by atoms with van der Waals surface area (Å²) in [6.45, 7) is 3.80. The quantitative estimate of drug-likeness (QED) is 0.916. The fraction of sp³-hybridized carbons (Fsp3) is 0.636. The van der Waals surface area contributed by atoms with Crippen molar-refractivity contribution in [3.05, 3.63) is 16.5 Å². The highest BCUT2D eigenvalue weighted by Crippen LogP contribution is 2.31. The number of morpholine rings is 1. The molecular formula is C11H16ClNO4S2. The summed E-state index contributed by atoms with van der Waals surface area (Å²) < 4.78 is 32.6. The summed E-state index contributed by atoms with van der Waals surface area (Å²) in [6, 6.07) is 3.06. The van der Waals surface area contributed by atoms with Gasteiger partial charge in [-0.05, 0) is 26.0 Å². The lowest BCUT2D eigenvalue weighted by Gasteiger charge is -2.41. The number of ether oxygens (including phenoxy) is 1. The Balaban J connectivity index is 2.29. The van der Waals surface area contributed by atoms with Crippen molar-refractivity contribution < 1.29 is 18.3 Å². The van der Waals surface area contributed by atoms with Crippen molar-refractivity contribution in [3.8, 4) is 0 Å². The summed E-state index contributed by atoms with van der Waals surface area (Å²) in [5.41, 5.74) is -0.625. The molecule has 2 rings (SSSR count). The van der Waals surface area contributed by atoms with Gasteiger partial charge in [-0.3, -0.25) is 0 Å². The third kappa shape index (κ3) is 3.29. The fourth-order valence-corrected chi connectivity index (χ4v) is 5.34. The molecular weight excluding hydrogens is 310 g/mol. The zero-order chi connectivity index (χ0) is 14.3. The second kappa shape index (κ2) is 5.31. The predicted molar refractivity (Wildman–Crippen MR) is 74.1 cm³/mol. The van der Waals surface area contributed by atoms with Crippen molar-refractivity contribution in [2.45, 2.75) is 29.8 Å². The van der Waals surface area contributed by atoms with E-state index in [9.17, 15) is 13.5 Å². The molecule has 108 valence electrons. The minimum atomic E-state index is -3.58. The van der Waals surface area contributed by atoms with Crippen LogP contribution in [0, 0.1) is 0 Å². The van der Waals surface area contributed by atoms with E-state index in [1.54, 1.807) is 19.9 Å². The van der Waals surface area contributed by atoms with Crippen LogP contribution in [0.2, 0.25) is 4.34 Å². The van der Waals surface area contributed by atoms with E-state index in [0.29, 0.717) is 4.34 Å². The standard InChI is InChI=1S/C11H16ClNO4S2/c1-11(2)7-13(5-8(6-14)17-11)19(15,16)10-4-3-9(12)18-10/h3-4,8,14H,5-7H2,1-2H3. The number of halogens is 1. The van der Waals surface area contributed by atoms with Crippen LogP contribution < -0.4 is 0 Å². The van der Waals surface area contributed by atoms with Crippen molar-refractivity contribution >= 4 is 33.0 Å². The van der Waals surface area contributed by atoms with Gasteiger partial charge >= 0.3 is 0 Å². The highest BCUT2D eigenvalue weighted by molar-refractivity contribution is 7.91. The van der Waals surface area contributed by atoms with Crippen LogP contribution in [0.25, 0.3) is 0 Å². The van der Waals surface area contributed by atoms with Crippen LogP contribution in [0.1, 0.15) is 13.8 Å². The third-order valence-electron chi connectivity index (χ3n) is 2.80. The summed E-state index contributed by atoms with van der Waals surface area (Å²) in [5, 5.41) is 9.22. The van der Waals surface area contributed by atoms with Crippen molar-refractivity contribution in [3.63, 3.8) is 0 Å². The Hall–Kier alpha value is -0.180. The maximum atomic E-state index is 12.5. The molecule has 1 aromatic heterocycles. The number of aliphatic hydroxyl groups is 1. The first-order valence-corrected chi connectivity index (χ1v) is 8.42. The van der Waals surface area contributed by atoms with Gasteiger partial charge in [-0.15, -0.1) is 11.3 Å². The van der Waals surface area contributed by atoms with Gasteiger partial charge in [0.05, 0.1) is 22.6 Å². The molecule has 8 heteroatoms. The highest BCUT2D eigenvalue weighted by Gasteiger charge is 2.39. The largest absolute Gasteiger partial charge is 0.394 e. The summed E-state index contributed by atoms with van der Waals surface area (Å²) in [5.74, 6) is 0. The molecule has 0 amide bonds. The van der Waals surface area contributed by atoms with Crippen LogP contribution in [-0.2, 0) is 14.8 Å². The molecule has 1 atom stereocenters. The number of sulfonamides is 1. The lowest BCUT2D eigenvalue weighted by molar-refractivity contribution is -0.131. The molecule has 1 fully saturated rings. The van der Waals surface area contributed by atoms with Crippen molar-refractivity contribution in [1.29, 1.82) is 0 Å². The molecule has 1 aromatic rings. The molecule has 1 aliphatic heterocycles. The molecule has 0 bridgehead atoms.